The van der Waals surface area contributed by atoms with E-state index in [1.807, 2.05) is 29.6 Å². The number of hydrogen-bond donors (Lipinski definition) is 1. The van der Waals surface area contributed by atoms with Crippen LogP contribution in [0.15, 0.2) is 22.9 Å². The topological polar surface area (TPSA) is 65.4 Å². The molecule has 0 radical (unpaired) electrons. The molecule has 26 heavy (non-hydrogen) atoms. The number of carbonyl (C=O) groups is 1. The summed E-state index contributed by atoms with van der Waals surface area (Å²) in [5, 5.41) is 0. The van der Waals surface area contributed by atoms with Gasteiger partial charge in [-0.15, -0.1) is 0 Å². The van der Waals surface area contributed by atoms with Gasteiger partial charge >= 0.3 is 0 Å². The van der Waals surface area contributed by atoms with Crippen molar-refractivity contribution in [2.24, 2.45) is 0 Å². The number of aromatic amines is 1. The Hall–Kier alpha value is -1.73. The van der Waals surface area contributed by atoms with E-state index in [0.29, 0.717) is 5.76 Å². The van der Waals surface area contributed by atoms with Gasteiger partial charge in [0.05, 0.1) is 23.3 Å². The van der Waals surface area contributed by atoms with Crippen LogP contribution >= 0.6 is 11.8 Å². The van der Waals surface area contributed by atoms with Gasteiger partial charge < -0.3 is 14.3 Å². The third-order valence-electron chi connectivity index (χ3n) is 5.81. The number of H-pyrrole nitrogens is 1. The molecule has 2 aromatic heterocycles. The number of fused-ring (bicyclic) bond motifs is 2. The molecule has 2 aliphatic heterocycles. The molecule has 2 aliphatic rings. The number of nitrogens with one attached hydrogen (secondary N) is 1. The number of rotatable bonds is 4. The number of aromatic nitrogens is 2. The van der Waals surface area contributed by atoms with Crippen LogP contribution < -0.4 is 0 Å². The summed E-state index contributed by atoms with van der Waals surface area (Å²) in [5.74, 6) is 2.12. The van der Waals surface area contributed by atoms with Crippen LogP contribution in [0.25, 0.3) is 0 Å². The number of thioether (sulfide) groups is 1. The second-order valence-electron chi connectivity index (χ2n) is 7.08. The van der Waals surface area contributed by atoms with E-state index in [1.165, 1.54) is 11.4 Å². The zero-order valence-corrected chi connectivity index (χ0v) is 16.3. The number of carbonyl (C=O) groups excluding carboxylic acids is 1. The van der Waals surface area contributed by atoms with Gasteiger partial charge in [-0.2, -0.15) is 11.8 Å². The number of hydrogen-bond acceptors (Lipinski definition) is 5. The smallest absolute Gasteiger partial charge is 0.289 e. The predicted molar refractivity (Wildman–Crippen MR) is 102 cm³/mol. The number of imidazole rings is 1. The molecular formula is C19H26N4O2S. The maximum absolute atomic E-state index is 12.8. The third kappa shape index (κ3) is 2.87. The molecule has 1 fully saturated rings. The molecule has 1 amide bonds. The standard InChI is InChI=1S/C19H26N4O2S/c1-3-23-9-6-15-17(21-13-20-15)19(23)7-10-22(11-8-19)18(24)16-5-4-14(25-16)12-26-2/h4-5,13H,3,6-12H2,1-2H3,(H,20,21). The first-order chi connectivity index (χ1) is 12.7. The minimum Gasteiger partial charge on any atom is -0.455 e. The fourth-order valence-electron chi connectivity index (χ4n) is 4.49. The van der Waals surface area contributed by atoms with Gasteiger partial charge in [-0.05, 0) is 37.8 Å². The molecule has 1 N–H and O–H groups in total. The van der Waals surface area contributed by atoms with E-state index in [9.17, 15) is 4.79 Å². The molecule has 6 nitrogen and oxygen atoms in total. The van der Waals surface area contributed by atoms with E-state index in [1.54, 1.807) is 11.8 Å². The maximum Gasteiger partial charge on any atom is 0.289 e. The molecular weight excluding hydrogens is 348 g/mol. The Morgan fingerprint density at radius 2 is 2.15 bits per heavy atom. The summed E-state index contributed by atoms with van der Waals surface area (Å²) < 4.78 is 5.72. The van der Waals surface area contributed by atoms with E-state index in [4.69, 9.17) is 4.42 Å². The molecule has 1 spiro atoms. The first-order valence-electron chi connectivity index (χ1n) is 9.32. The number of furan rings is 1. The molecule has 0 aromatic carbocycles. The van der Waals surface area contributed by atoms with Crippen LogP contribution in [-0.4, -0.2) is 58.1 Å². The molecule has 0 bridgehead atoms. The van der Waals surface area contributed by atoms with Crippen molar-refractivity contribution in [2.45, 2.75) is 37.5 Å². The summed E-state index contributed by atoms with van der Waals surface area (Å²) >= 11 is 1.69. The van der Waals surface area contributed by atoms with E-state index in [2.05, 4.69) is 21.8 Å². The molecule has 140 valence electrons. The lowest BCUT2D eigenvalue weighted by molar-refractivity contribution is 0.00918. The van der Waals surface area contributed by atoms with Crippen LogP contribution in [0.3, 0.4) is 0 Å². The Bertz CT molecular complexity index is 776. The minimum absolute atomic E-state index is 0.00770. The monoisotopic (exact) mass is 374 g/mol. The molecule has 0 aliphatic carbocycles. The molecule has 0 unspecified atom stereocenters. The Morgan fingerprint density at radius 3 is 2.88 bits per heavy atom. The fourth-order valence-corrected chi connectivity index (χ4v) is 4.92. The van der Waals surface area contributed by atoms with E-state index < -0.39 is 0 Å². The summed E-state index contributed by atoms with van der Waals surface area (Å²) in [7, 11) is 0. The highest BCUT2D eigenvalue weighted by Crippen LogP contribution is 2.42. The first-order valence-corrected chi connectivity index (χ1v) is 10.7. The quantitative estimate of drug-likeness (QED) is 0.891. The second-order valence-corrected chi connectivity index (χ2v) is 7.95. The Balaban J connectivity index is 1.50. The molecule has 7 heteroatoms. The van der Waals surface area contributed by atoms with Crippen molar-refractivity contribution in [2.75, 3.05) is 32.4 Å². The summed E-state index contributed by atoms with van der Waals surface area (Å²) in [6, 6.07) is 3.72. The predicted octanol–water partition coefficient (Wildman–Crippen LogP) is 2.88. The molecule has 2 aromatic rings. The van der Waals surface area contributed by atoms with E-state index in [0.717, 1.165) is 57.0 Å². The lowest BCUT2D eigenvalue weighted by Crippen LogP contribution is -2.57. The first kappa shape index (κ1) is 17.7. The van der Waals surface area contributed by atoms with Gasteiger partial charge in [0.25, 0.3) is 5.91 Å². The molecule has 0 atom stereocenters. The highest BCUT2D eigenvalue weighted by atomic mass is 32.2. The summed E-state index contributed by atoms with van der Waals surface area (Å²) in [6.45, 7) is 5.75. The Morgan fingerprint density at radius 1 is 1.35 bits per heavy atom. The summed E-state index contributed by atoms with van der Waals surface area (Å²) in [4.78, 5) is 25.3. The normalized spacial score (nSPS) is 19.7. The van der Waals surface area contributed by atoms with Crippen molar-refractivity contribution in [1.29, 1.82) is 0 Å². The van der Waals surface area contributed by atoms with Crippen LogP contribution in [0.1, 0.15) is 47.5 Å². The number of likely N-dealkylation sites (tertiary alicyclic amines) is 1. The lowest BCUT2D eigenvalue weighted by Gasteiger charge is -2.50. The largest absolute Gasteiger partial charge is 0.455 e. The zero-order valence-electron chi connectivity index (χ0n) is 15.5. The van der Waals surface area contributed by atoms with Crippen LogP contribution in [0.2, 0.25) is 0 Å². The molecule has 4 rings (SSSR count). The molecule has 0 saturated carbocycles. The van der Waals surface area contributed by atoms with Crippen molar-refractivity contribution in [3.8, 4) is 0 Å². The number of amides is 1. The van der Waals surface area contributed by atoms with E-state index in [-0.39, 0.29) is 11.4 Å². The summed E-state index contributed by atoms with van der Waals surface area (Å²) in [5.41, 5.74) is 2.42. The van der Waals surface area contributed by atoms with Crippen molar-refractivity contribution in [1.82, 2.24) is 19.8 Å². The van der Waals surface area contributed by atoms with Crippen molar-refractivity contribution < 1.29 is 9.21 Å². The van der Waals surface area contributed by atoms with Gasteiger partial charge in [0, 0.05) is 31.7 Å². The van der Waals surface area contributed by atoms with Crippen LogP contribution in [0.5, 0.6) is 0 Å². The average molecular weight is 375 g/mol. The average Bonchev–Trinajstić information content (AvgIpc) is 3.32. The van der Waals surface area contributed by atoms with Crippen molar-refractivity contribution in [3.05, 3.63) is 41.4 Å². The Kier molecular flexibility index (Phi) is 4.84. The lowest BCUT2D eigenvalue weighted by atomic mass is 9.78. The SMILES string of the molecule is CCN1CCc2[nH]cnc2C12CCN(C(=O)c1ccc(CSC)o1)CC2. The van der Waals surface area contributed by atoms with Gasteiger partial charge in [0.1, 0.15) is 5.76 Å². The Labute approximate surface area is 158 Å². The zero-order chi connectivity index (χ0) is 18.1. The molecule has 1 saturated heterocycles. The van der Waals surface area contributed by atoms with Gasteiger partial charge in [-0.1, -0.05) is 6.92 Å². The van der Waals surface area contributed by atoms with Gasteiger partial charge in [-0.25, -0.2) is 4.98 Å². The van der Waals surface area contributed by atoms with Gasteiger partial charge in [0.2, 0.25) is 0 Å². The van der Waals surface area contributed by atoms with Crippen molar-refractivity contribution in [3.63, 3.8) is 0 Å². The number of piperidine rings is 1. The number of likely N-dealkylation sites (N-methyl/N-ethyl adjacent to an activating group) is 1. The fraction of sp³-hybridized carbons (Fsp3) is 0.579. The second kappa shape index (κ2) is 7.12. The van der Waals surface area contributed by atoms with Crippen LogP contribution in [0.4, 0.5) is 0 Å². The number of nitrogens with zero attached hydrogens (tertiary/aromatic N) is 3. The molecule has 4 heterocycles. The van der Waals surface area contributed by atoms with Crippen molar-refractivity contribution >= 4 is 17.7 Å². The van der Waals surface area contributed by atoms with E-state index >= 15 is 0 Å². The maximum atomic E-state index is 12.8. The van der Waals surface area contributed by atoms with Gasteiger partial charge in [-0.3, -0.25) is 9.69 Å². The van der Waals surface area contributed by atoms with Crippen LogP contribution in [-0.2, 0) is 17.7 Å². The minimum atomic E-state index is -0.0354. The highest BCUT2D eigenvalue weighted by molar-refractivity contribution is 7.97. The third-order valence-corrected chi connectivity index (χ3v) is 6.39. The van der Waals surface area contributed by atoms with Gasteiger partial charge in [0.15, 0.2) is 5.76 Å². The summed E-state index contributed by atoms with van der Waals surface area (Å²) in [6.07, 6.45) is 6.71. The van der Waals surface area contributed by atoms with Crippen LogP contribution in [0, 0.1) is 0 Å². The highest BCUT2D eigenvalue weighted by Gasteiger charge is 2.46.